The highest BCUT2D eigenvalue weighted by Gasteiger charge is 2.18. The molecular formula is C36H40Br2N2O2S2. The monoisotopic (exact) mass is 754 g/mol. The molecule has 0 spiro atoms. The van der Waals surface area contributed by atoms with Gasteiger partial charge in [0.15, 0.2) is 0 Å². The number of aliphatic imine (C=N–C) groups is 2. The predicted molar refractivity (Wildman–Crippen MR) is 200 cm³/mol. The zero-order chi connectivity index (χ0) is 32.7. The SMILES string of the molecule is CSc1ccccc1N=Cc1cc(C(C)(C)C)cc(Br)c1O.CSc1ccccc1N=Cc1cc(C(C)(C)C)cc(Br)c1O. The molecule has 44 heavy (non-hydrogen) atoms. The van der Waals surface area contributed by atoms with Crippen LogP contribution in [0.5, 0.6) is 11.5 Å². The van der Waals surface area contributed by atoms with Crippen molar-refractivity contribution in [3.8, 4) is 11.5 Å². The Morgan fingerprint density at radius 2 is 0.932 bits per heavy atom. The van der Waals surface area contributed by atoms with Gasteiger partial charge in [-0.15, -0.1) is 23.5 Å². The second kappa shape index (κ2) is 15.7. The van der Waals surface area contributed by atoms with Crippen molar-refractivity contribution in [3.05, 3.63) is 104 Å². The molecule has 0 saturated carbocycles. The number of phenolic OH excluding ortho intramolecular Hbond substituents is 2. The van der Waals surface area contributed by atoms with Crippen molar-refractivity contribution in [2.45, 2.75) is 62.2 Å². The minimum absolute atomic E-state index is 0.00991. The van der Waals surface area contributed by atoms with E-state index in [1.807, 2.05) is 85.3 Å². The van der Waals surface area contributed by atoms with Gasteiger partial charge in [0.2, 0.25) is 0 Å². The standard InChI is InChI=1S/2C18H20BrNOS/c2*1-18(2,3)13-9-12(17(21)14(19)10-13)11-20-15-7-5-6-8-16(15)22-4/h2*5-11,21H,1-4H3. The first-order valence-corrected chi connectivity index (χ1v) is 18.1. The fourth-order valence-electron chi connectivity index (χ4n) is 4.05. The predicted octanol–water partition coefficient (Wildman–Crippen LogP) is 11.8. The molecule has 232 valence electrons. The van der Waals surface area contributed by atoms with Crippen LogP contribution in [0.4, 0.5) is 11.4 Å². The third-order valence-electron chi connectivity index (χ3n) is 6.77. The van der Waals surface area contributed by atoms with Crippen molar-refractivity contribution >= 4 is 79.2 Å². The smallest absolute Gasteiger partial charge is 0.138 e. The van der Waals surface area contributed by atoms with Gasteiger partial charge in [0.25, 0.3) is 0 Å². The minimum Gasteiger partial charge on any atom is -0.506 e. The molecule has 0 unspecified atom stereocenters. The second-order valence-electron chi connectivity index (χ2n) is 12.2. The zero-order valence-corrected chi connectivity index (χ0v) is 31.2. The number of nitrogens with zero attached hydrogens (tertiary/aromatic N) is 2. The minimum atomic E-state index is 0.00991. The van der Waals surface area contributed by atoms with Crippen LogP contribution in [0.15, 0.2) is 102 Å². The van der Waals surface area contributed by atoms with Gasteiger partial charge in [-0.1, -0.05) is 65.8 Å². The second-order valence-corrected chi connectivity index (χ2v) is 15.6. The normalized spacial score (nSPS) is 12.0. The van der Waals surface area contributed by atoms with Crippen LogP contribution in [0, 0.1) is 0 Å². The summed E-state index contributed by atoms with van der Waals surface area (Å²) in [6.07, 6.45) is 7.51. The highest BCUT2D eigenvalue weighted by Crippen LogP contribution is 2.36. The largest absolute Gasteiger partial charge is 0.506 e. The Labute approximate surface area is 287 Å². The number of halogens is 2. The molecule has 0 heterocycles. The highest BCUT2D eigenvalue weighted by atomic mass is 79.9. The number of benzene rings is 4. The molecule has 4 aromatic rings. The van der Waals surface area contributed by atoms with Crippen LogP contribution >= 0.6 is 55.4 Å². The van der Waals surface area contributed by atoms with Gasteiger partial charge in [-0.05, 0) is 115 Å². The molecule has 0 aliphatic rings. The lowest BCUT2D eigenvalue weighted by Crippen LogP contribution is -2.11. The van der Waals surface area contributed by atoms with E-state index in [1.54, 1.807) is 36.0 Å². The third kappa shape index (κ3) is 9.74. The molecule has 0 atom stereocenters. The van der Waals surface area contributed by atoms with Gasteiger partial charge in [0, 0.05) is 33.3 Å². The van der Waals surface area contributed by atoms with Gasteiger partial charge in [-0.25, -0.2) is 0 Å². The summed E-state index contributed by atoms with van der Waals surface area (Å²) in [5, 5.41) is 20.5. The van der Waals surface area contributed by atoms with E-state index in [4.69, 9.17) is 0 Å². The number of hydrogen-bond acceptors (Lipinski definition) is 6. The average molecular weight is 757 g/mol. The lowest BCUT2D eigenvalue weighted by atomic mass is 9.86. The van der Waals surface area contributed by atoms with Crippen molar-refractivity contribution < 1.29 is 10.2 Å². The molecule has 0 aromatic heterocycles. The maximum atomic E-state index is 10.2. The molecule has 0 aliphatic heterocycles. The summed E-state index contributed by atoms with van der Waals surface area (Å²) in [4.78, 5) is 11.3. The Balaban J connectivity index is 0.000000240. The Morgan fingerprint density at radius 3 is 1.25 bits per heavy atom. The summed E-state index contributed by atoms with van der Waals surface area (Å²) in [7, 11) is 0. The third-order valence-corrected chi connectivity index (χ3v) is 9.55. The molecule has 0 bridgehead atoms. The van der Waals surface area contributed by atoms with Gasteiger partial charge < -0.3 is 10.2 Å². The van der Waals surface area contributed by atoms with E-state index in [2.05, 4.69) is 83.4 Å². The van der Waals surface area contributed by atoms with Gasteiger partial charge in [0.05, 0.1) is 20.3 Å². The van der Waals surface area contributed by atoms with Crippen LogP contribution in [-0.4, -0.2) is 35.2 Å². The fraction of sp³-hybridized carbons (Fsp3) is 0.278. The highest BCUT2D eigenvalue weighted by molar-refractivity contribution is 9.11. The molecule has 0 radical (unpaired) electrons. The number of hydrogen-bond donors (Lipinski definition) is 2. The number of phenols is 2. The Morgan fingerprint density at radius 1 is 0.591 bits per heavy atom. The lowest BCUT2D eigenvalue weighted by Gasteiger charge is -2.20. The molecular weight excluding hydrogens is 716 g/mol. The van der Waals surface area contributed by atoms with Crippen LogP contribution in [0.25, 0.3) is 0 Å². The van der Waals surface area contributed by atoms with Crippen molar-refractivity contribution in [1.82, 2.24) is 0 Å². The van der Waals surface area contributed by atoms with Gasteiger partial charge in [-0.3, -0.25) is 9.98 Å². The lowest BCUT2D eigenvalue weighted by molar-refractivity contribution is 0.469. The summed E-state index contributed by atoms with van der Waals surface area (Å²) in [6.45, 7) is 12.9. The van der Waals surface area contributed by atoms with E-state index >= 15 is 0 Å². The van der Waals surface area contributed by atoms with E-state index in [0.29, 0.717) is 8.95 Å². The zero-order valence-electron chi connectivity index (χ0n) is 26.4. The first-order chi connectivity index (χ1) is 20.6. The molecule has 4 rings (SSSR count). The van der Waals surface area contributed by atoms with Crippen LogP contribution in [0.3, 0.4) is 0 Å². The van der Waals surface area contributed by atoms with E-state index in [-0.39, 0.29) is 22.3 Å². The summed E-state index contributed by atoms with van der Waals surface area (Å²) >= 11 is 10.2. The summed E-state index contributed by atoms with van der Waals surface area (Å²) < 4.78 is 1.39. The molecule has 0 fully saturated rings. The van der Waals surface area contributed by atoms with Crippen LogP contribution < -0.4 is 0 Å². The quantitative estimate of drug-likeness (QED) is 0.152. The first-order valence-electron chi connectivity index (χ1n) is 14.1. The van der Waals surface area contributed by atoms with E-state index in [9.17, 15) is 10.2 Å². The van der Waals surface area contributed by atoms with E-state index in [0.717, 1.165) is 43.4 Å². The van der Waals surface area contributed by atoms with E-state index < -0.39 is 0 Å². The summed E-state index contributed by atoms with van der Waals surface area (Å²) in [5.74, 6) is 0.441. The van der Waals surface area contributed by atoms with Crippen molar-refractivity contribution in [3.63, 3.8) is 0 Å². The summed E-state index contributed by atoms with van der Waals surface area (Å²) in [5.41, 5.74) is 5.57. The summed E-state index contributed by atoms with van der Waals surface area (Å²) in [6, 6.07) is 23.9. The first kappa shape index (κ1) is 36.0. The maximum absolute atomic E-state index is 10.2. The topological polar surface area (TPSA) is 65.2 Å². The molecule has 4 nitrogen and oxygen atoms in total. The Bertz CT molecular complexity index is 1530. The van der Waals surface area contributed by atoms with E-state index in [1.165, 1.54) is 0 Å². The number of thioether (sulfide) groups is 2. The number of rotatable bonds is 6. The molecule has 8 heteroatoms. The van der Waals surface area contributed by atoms with Gasteiger partial charge in [0.1, 0.15) is 11.5 Å². The van der Waals surface area contributed by atoms with Crippen LogP contribution in [0.2, 0.25) is 0 Å². The maximum Gasteiger partial charge on any atom is 0.138 e. The van der Waals surface area contributed by atoms with Crippen LogP contribution in [0.1, 0.15) is 63.8 Å². The van der Waals surface area contributed by atoms with Gasteiger partial charge in [-0.2, -0.15) is 0 Å². The van der Waals surface area contributed by atoms with Crippen molar-refractivity contribution in [2.24, 2.45) is 9.98 Å². The Kier molecular flexibility index (Phi) is 12.8. The molecule has 0 aliphatic carbocycles. The molecule has 0 amide bonds. The molecule has 0 saturated heterocycles. The fourth-order valence-corrected chi connectivity index (χ4v) is 6.09. The van der Waals surface area contributed by atoms with Crippen molar-refractivity contribution in [2.75, 3.05) is 12.5 Å². The van der Waals surface area contributed by atoms with Crippen LogP contribution in [-0.2, 0) is 10.8 Å². The average Bonchev–Trinajstić information content (AvgIpc) is 2.98. The van der Waals surface area contributed by atoms with Gasteiger partial charge >= 0.3 is 0 Å². The number of aromatic hydroxyl groups is 2. The number of para-hydroxylation sites is 2. The molecule has 2 N–H and O–H groups in total. The van der Waals surface area contributed by atoms with Crippen molar-refractivity contribution in [1.29, 1.82) is 0 Å². The Hall–Kier alpha value is -2.52. The molecule has 4 aromatic carbocycles.